The number of fused-ring (bicyclic) bond motifs is 1. The lowest BCUT2D eigenvalue weighted by molar-refractivity contribution is -0.127. The van der Waals surface area contributed by atoms with Gasteiger partial charge in [-0.2, -0.15) is 4.98 Å². The molecule has 2 aliphatic heterocycles. The minimum absolute atomic E-state index is 0.0978. The summed E-state index contributed by atoms with van der Waals surface area (Å²) in [5, 5.41) is 3.00. The standard InChI is InChI=1S/C21H30N4O3/c1-27-14-10-22-20(26)16-5-4-11-25(15-16)17-8-12-24(13-9-17)21-23-18-6-2-3-7-19(18)28-21/h2-3,6-7,16-17H,4-5,8-15H2,1H3,(H,22,26)/t16-/m1/s1. The van der Waals surface area contributed by atoms with Gasteiger partial charge in [-0.1, -0.05) is 12.1 Å². The monoisotopic (exact) mass is 386 g/mol. The summed E-state index contributed by atoms with van der Waals surface area (Å²) in [6, 6.07) is 9.18. The fourth-order valence-electron chi connectivity index (χ4n) is 4.39. The molecule has 2 aromatic rings. The first-order valence-corrected chi connectivity index (χ1v) is 10.4. The number of piperidine rings is 2. The van der Waals surface area contributed by atoms with Crippen molar-refractivity contribution in [3.05, 3.63) is 24.3 Å². The molecule has 0 bridgehead atoms. The Morgan fingerprint density at radius 2 is 2.07 bits per heavy atom. The molecule has 1 atom stereocenters. The number of hydrogen-bond acceptors (Lipinski definition) is 6. The largest absolute Gasteiger partial charge is 0.423 e. The molecule has 0 radical (unpaired) electrons. The zero-order valence-electron chi connectivity index (χ0n) is 16.6. The van der Waals surface area contributed by atoms with Crippen molar-refractivity contribution in [2.45, 2.75) is 31.7 Å². The van der Waals surface area contributed by atoms with Crippen LogP contribution in [0.1, 0.15) is 25.7 Å². The molecule has 7 heteroatoms. The van der Waals surface area contributed by atoms with Crippen molar-refractivity contribution in [2.24, 2.45) is 5.92 Å². The summed E-state index contributed by atoms with van der Waals surface area (Å²) in [6.07, 6.45) is 4.23. The second-order valence-corrected chi connectivity index (χ2v) is 7.80. The van der Waals surface area contributed by atoms with Gasteiger partial charge in [0.05, 0.1) is 12.5 Å². The van der Waals surface area contributed by atoms with Crippen molar-refractivity contribution < 1.29 is 13.9 Å². The van der Waals surface area contributed by atoms with E-state index in [1.54, 1.807) is 7.11 Å². The van der Waals surface area contributed by atoms with Crippen molar-refractivity contribution in [3.63, 3.8) is 0 Å². The van der Waals surface area contributed by atoms with Gasteiger partial charge < -0.3 is 19.4 Å². The molecule has 0 unspecified atom stereocenters. The molecule has 1 aromatic heterocycles. The summed E-state index contributed by atoms with van der Waals surface area (Å²) in [4.78, 5) is 21.8. The Balaban J connectivity index is 1.30. The second-order valence-electron chi connectivity index (χ2n) is 7.80. The van der Waals surface area contributed by atoms with Crippen molar-refractivity contribution in [1.29, 1.82) is 0 Å². The van der Waals surface area contributed by atoms with Crippen molar-refractivity contribution >= 4 is 23.0 Å². The van der Waals surface area contributed by atoms with Gasteiger partial charge in [0, 0.05) is 39.3 Å². The number of carbonyl (C=O) groups is 1. The number of benzene rings is 1. The Morgan fingerprint density at radius 1 is 1.25 bits per heavy atom. The van der Waals surface area contributed by atoms with Crippen LogP contribution >= 0.6 is 0 Å². The second kappa shape index (κ2) is 8.92. The number of aromatic nitrogens is 1. The van der Waals surface area contributed by atoms with Crippen LogP contribution in [-0.2, 0) is 9.53 Å². The van der Waals surface area contributed by atoms with Gasteiger partial charge >= 0.3 is 0 Å². The molecule has 0 saturated carbocycles. The molecule has 0 aliphatic carbocycles. The molecule has 2 saturated heterocycles. The molecule has 152 valence electrons. The molecule has 0 spiro atoms. The van der Waals surface area contributed by atoms with Crippen LogP contribution in [-0.4, -0.2) is 68.3 Å². The van der Waals surface area contributed by atoms with E-state index in [0.717, 1.165) is 69.0 Å². The minimum Gasteiger partial charge on any atom is -0.423 e. The van der Waals surface area contributed by atoms with Crippen molar-refractivity contribution in [2.75, 3.05) is 51.3 Å². The molecule has 4 rings (SSSR count). The predicted molar refractivity (Wildman–Crippen MR) is 108 cm³/mol. The predicted octanol–water partition coefficient (Wildman–Crippen LogP) is 2.27. The van der Waals surface area contributed by atoms with Gasteiger partial charge in [0.25, 0.3) is 6.01 Å². The van der Waals surface area contributed by atoms with E-state index in [0.29, 0.717) is 19.2 Å². The smallest absolute Gasteiger partial charge is 0.298 e. The highest BCUT2D eigenvalue weighted by Gasteiger charge is 2.32. The lowest BCUT2D eigenvalue weighted by Crippen LogP contribution is -2.51. The molecule has 7 nitrogen and oxygen atoms in total. The Labute approximate surface area is 166 Å². The Bertz CT molecular complexity index is 752. The summed E-state index contributed by atoms with van der Waals surface area (Å²) in [5.74, 6) is 0.270. The number of ether oxygens (including phenoxy) is 1. The zero-order chi connectivity index (χ0) is 19.3. The molecule has 28 heavy (non-hydrogen) atoms. The van der Waals surface area contributed by atoms with Gasteiger partial charge in [-0.25, -0.2) is 0 Å². The van der Waals surface area contributed by atoms with Gasteiger partial charge in [-0.05, 0) is 44.4 Å². The van der Waals surface area contributed by atoms with Crippen LogP contribution in [0.2, 0.25) is 0 Å². The molecular weight excluding hydrogens is 356 g/mol. The fraction of sp³-hybridized carbons (Fsp3) is 0.619. The van der Waals surface area contributed by atoms with Crippen LogP contribution < -0.4 is 10.2 Å². The van der Waals surface area contributed by atoms with Crippen molar-refractivity contribution in [1.82, 2.24) is 15.2 Å². The highest BCUT2D eigenvalue weighted by molar-refractivity contribution is 5.79. The lowest BCUT2D eigenvalue weighted by Gasteiger charge is -2.41. The third-order valence-electron chi connectivity index (χ3n) is 5.96. The van der Waals surface area contributed by atoms with Gasteiger partial charge in [-0.3, -0.25) is 9.69 Å². The number of hydrogen-bond donors (Lipinski definition) is 1. The molecule has 2 aliphatic rings. The van der Waals surface area contributed by atoms with Crippen LogP contribution in [0.3, 0.4) is 0 Å². The third kappa shape index (κ3) is 4.31. The van der Waals surface area contributed by atoms with Gasteiger partial charge in [0.2, 0.25) is 5.91 Å². The summed E-state index contributed by atoms with van der Waals surface area (Å²) in [6.45, 7) is 5.00. The summed E-state index contributed by atoms with van der Waals surface area (Å²) in [5.41, 5.74) is 1.76. The van der Waals surface area contributed by atoms with Gasteiger partial charge in [-0.15, -0.1) is 0 Å². The number of rotatable bonds is 6. The quantitative estimate of drug-likeness (QED) is 0.768. The SMILES string of the molecule is COCCNC(=O)[C@@H]1CCCN(C2CCN(c3nc4ccccc4o3)CC2)C1. The minimum atomic E-state index is 0.0978. The van der Waals surface area contributed by atoms with Crippen LogP contribution in [0.5, 0.6) is 0 Å². The normalized spacial score (nSPS) is 21.9. The average molecular weight is 386 g/mol. The first kappa shape index (κ1) is 19.2. The third-order valence-corrected chi connectivity index (χ3v) is 5.96. The Morgan fingerprint density at radius 3 is 2.86 bits per heavy atom. The number of nitrogens with zero attached hydrogens (tertiary/aromatic N) is 3. The van der Waals surface area contributed by atoms with E-state index >= 15 is 0 Å². The number of anilines is 1. The molecule has 2 fully saturated rings. The van der Waals surface area contributed by atoms with E-state index in [-0.39, 0.29) is 11.8 Å². The van der Waals surface area contributed by atoms with E-state index in [9.17, 15) is 4.79 Å². The average Bonchev–Trinajstić information content (AvgIpc) is 3.18. The molecule has 1 aromatic carbocycles. The molecule has 1 N–H and O–H groups in total. The maximum atomic E-state index is 12.4. The first-order chi connectivity index (χ1) is 13.7. The van der Waals surface area contributed by atoms with Crippen LogP contribution in [0, 0.1) is 5.92 Å². The first-order valence-electron chi connectivity index (χ1n) is 10.4. The van der Waals surface area contributed by atoms with E-state index in [4.69, 9.17) is 9.15 Å². The number of likely N-dealkylation sites (tertiary alicyclic amines) is 1. The van der Waals surface area contributed by atoms with Crippen molar-refractivity contribution in [3.8, 4) is 0 Å². The van der Waals surface area contributed by atoms with E-state index in [1.807, 2.05) is 24.3 Å². The van der Waals surface area contributed by atoms with E-state index < -0.39 is 0 Å². The van der Waals surface area contributed by atoms with Crippen LogP contribution in [0.15, 0.2) is 28.7 Å². The number of amides is 1. The topological polar surface area (TPSA) is 70.8 Å². The van der Waals surface area contributed by atoms with E-state index in [1.165, 1.54) is 0 Å². The number of para-hydroxylation sites is 2. The summed E-state index contributed by atoms with van der Waals surface area (Å²) < 4.78 is 10.9. The van der Waals surface area contributed by atoms with E-state index in [2.05, 4.69) is 20.1 Å². The number of nitrogens with one attached hydrogen (secondary N) is 1. The highest BCUT2D eigenvalue weighted by atomic mass is 16.5. The Kier molecular flexibility index (Phi) is 6.12. The molecule has 3 heterocycles. The fourth-order valence-corrected chi connectivity index (χ4v) is 4.39. The van der Waals surface area contributed by atoms with Gasteiger partial charge in [0.15, 0.2) is 5.58 Å². The zero-order valence-corrected chi connectivity index (χ0v) is 16.6. The number of oxazole rings is 1. The number of carbonyl (C=O) groups excluding carboxylic acids is 1. The Hall–Kier alpha value is -2.12. The highest BCUT2D eigenvalue weighted by Crippen LogP contribution is 2.28. The summed E-state index contributed by atoms with van der Waals surface area (Å²) in [7, 11) is 1.65. The van der Waals surface area contributed by atoms with Gasteiger partial charge in [0.1, 0.15) is 5.52 Å². The van der Waals surface area contributed by atoms with Crippen LogP contribution in [0.25, 0.3) is 11.1 Å². The lowest BCUT2D eigenvalue weighted by atomic mass is 9.93. The summed E-state index contributed by atoms with van der Waals surface area (Å²) >= 11 is 0. The number of methoxy groups -OCH3 is 1. The van der Waals surface area contributed by atoms with Crippen LogP contribution in [0.4, 0.5) is 6.01 Å². The molecular formula is C21H30N4O3. The maximum absolute atomic E-state index is 12.4. The molecule has 1 amide bonds. The maximum Gasteiger partial charge on any atom is 0.298 e.